The van der Waals surface area contributed by atoms with E-state index in [-0.39, 0.29) is 0 Å². The molecule has 0 amide bonds. The molecule has 1 heterocycles. The molecule has 33 heavy (non-hydrogen) atoms. The molecule has 3 aromatic carbocycles. The van der Waals surface area contributed by atoms with Crippen molar-refractivity contribution in [3.8, 4) is 11.3 Å². The summed E-state index contributed by atoms with van der Waals surface area (Å²) in [5, 5.41) is 2.28. The number of aromatic nitrogens is 1. The molecular weight excluding hydrogens is 420 g/mol. The van der Waals surface area contributed by atoms with Gasteiger partial charge in [-0.2, -0.15) is 0 Å². The van der Waals surface area contributed by atoms with Crippen LogP contribution in [0.4, 0.5) is 5.69 Å². The Morgan fingerprint density at radius 3 is 2.33 bits per heavy atom. The summed E-state index contributed by atoms with van der Waals surface area (Å²) in [5.41, 5.74) is 7.67. The zero-order chi connectivity index (χ0) is 22.5. The second-order valence-corrected chi connectivity index (χ2v) is 9.98. The molecule has 5 rings (SSSR count). The number of rotatable bonds is 6. The lowest BCUT2D eigenvalue weighted by Gasteiger charge is -2.22. The zero-order valence-corrected chi connectivity index (χ0v) is 20.2. The minimum atomic E-state index is 0.743. The largest absolute Gasteiger partial charge is 0.316 e. The third-order valence-corrected chi connectivity index (χ3v) is 7.74. The van der Waals surface area contributed by atoms with E-state index in [1.165, 1.54) is 60.1 Å². The minimum Gasteiger partial charge on any atom is -0.316 e. The van der Waals surface area contributed by atoms with Gasteiger partial charge in [0.15, 0.2) is 4.80 Å². The minimum absolute atomic E-state index is 0.743. The molecule has 0 bridgehead atoms. The summed E-state index contributed by atoms with van der Waals surface area (Å²) in [6.45, 7) is 3.05. The normalized spacial score (nSPS) is 15.1. The van der Waals surface area contributed by atoms with Gasteiger partial charge in [0.05, 0.1) is 11.4 Å². The van der Waals surface area contributed by atoms with Crippen LogP contribution in [0.1, 0.15) is 54.7 Å². The van der Waals surface area contributed by atoms with E-state index in [0.717, 1.165) is 29.4 Å². The fraction of sp³-hybridized carbons (Fsp3) is 0.300. The van der Waals surface area contributed by atoms with E-state index in [1.54, 1.807) is 11.3 Å². The third kappa shape index (κ3) is 5.20. The molecule has 1 aromatic heterocycles. The number of nitrogens with zero attached hydrogens (tertiary/aromatic N) is 2. The molecule has 1 aliphatic rings. The standard InChI is InChI=1S/C30H32N2S/c1-23-10-8-9-15-28(23)31-30-32(21-20-24-11-4-2-5-12-24)29(22-33-30)27-18-16-26(17-19-27)25-13-6-3-7-14-25/h2,4-5,8-12,15-19,22,25H,3,6-7,13-14,20-21H2,1H3. The lowest BCUT2D eigenvalue weighted by molar-refractivity contribution is 0.443. The van der Waals surface area contributed by atoms with Crippen LogP contribution in [0.25, 0.3) is 11.3 Å². The summed E-state index contributed by atoms with van der Waals surface area (Å²) in [5.74, 6) is 0.743. The predicted molar refractivity (Wildman–Crippen MR) is 140 cm³/mol. The van der Waals surface area contributed by atoms with Crippen molar-refractivity contribution in [1.29, 1.82) is 0 Å². The topological polar surface area (TPSA) is 17.3 Å². The lowest BCUT2D eigenvalue weighted by Crippen LogP contribution is -2.17. The van der Waals surface area contributed by atoms with Gasteiger partial charge in [-0.25, -0.2) is 4.99 Å². The highest BCUT2D eigenvalue weighted by Crippen LogP contribution is 2.33. The van der Waals surface area contributed by atoms with Crippen LogP contribution in [-0.4, -0.2) is 4.57 Å². The highest BCUT2D eigenvalue weighted by Gasteiger charge is 2.16. The molecule has 0 unspecified atom stereocenters. The van der Waals surface area contributed by atoms with E-state index in [1.807, 2.05) is 0 Å². The Morgan fingerprint density at radius 1 is 0.848 bits per heavy atom. The van der Waals surface area contributed by atoms with Crippen molar-refractivity contribution in [2.45, 2.75) is 57.9 Å². The molecule has 2 nitrogen and oxygen atoms in total. The molecule has 0 saturated heterocycles. The quantitative estimate of drug-likeness (QED) is 0.282. The summed E-state index contributed by atoms with van der Waals surface area (Å²) < 4.78 is 2.40. The highest BCUT2D eigenvalue weighted by atomic mass is 32.1. The average molecular weight is 453 g/mol. The van der Waals surface area contributed by atoms with Gasteiger partial charge in [-0.05, 0) is 60.4 Å². The van der Waals surface area contributed by atoms with E-state index in [4.69, 9.17) is 4.99 Å². The predicted octanol–water partition coefficient (Wildman–Crippen LogP) is 8.05. The van der Waals surface area contributed by atoms with Gasteiger partial charge in [-0.3, -0.25) is 0 Å². The number of aryl methyl sites for hydroxylation is 2. The maximum atomic E-state index is 5.07. The van der Waals surface area contributed by atoms with Crippen LogP contribution < -0.4 is 4.80 Å². The number of para-hydroxylation sites is 1. The summed E-state index contributed by atoms with van der Waals surface area (Å²) in [6, 6.07) is 28.5. The zero-order valence-electron chi connectivity index (χ0n) is 19.4. The number of hydrogen-bond donors (Lipinski definition) is 0. The van der Waals surface area contributed by atoms with Gasteiger partial charge in [0.2, 0.25) is 0 Å². The van der Waals surface area contributed by atoms with Crippen LogP contribution in [-0.2, 0) is 13.0 Å². The molecule has 0 atom stereocenters. The van der Waals surface area contributed by atoms with Crippen molar-refractivity contribution >= 4 is 17.0 Å². The summed E-state index contributed by atoms with van der Waals surface area (Å²) >= 11 is 1.74. The van der Waals surface area contributed by atoms with Crippen molar-refractivity contribution in [1.82, 2.24) is 4.57 Å². The fourth-order valence-corrected chi connectivity index (χ4v) is 5.85. The Hall–Kier alpha value is -2.91. The Kier molecular flexibility index (Phi) is 6.87. The van der Waals surface area contributed by atoms with E-state index >= 15 is 0 Å². The first-order valence-corrected chi connectivity index (χ1v) is 13.1. The van der Waals surface area contributed by atoms with Crippen LogP contribution >= 0.6 is 11.3 Å². The Balaban J connectivity index is 1.50. The molecule has 0 radical (unpaired) electrons. The second kappa shape index (κ2) is 10.4. The molecular formula is C30H32N2S. The Labute approximate surface area is 201 Å². The van der Waals surface area contributed by atoms with Crippen LogP contribution in [0.5, 0.6) is 0 Å². The van der Waals surface area contributed by atoms with Gasteiger partial charge in [0.25, 0.3) is 0 Å². The molecule has 1 saturated carbocycles. The van der Waals surface area contributed by atoms with Crippen molar-refractivity contribution in [3.05, 3.63) is 106 Å². The van der Waals surface area contributed by atoms with Crippen LogP contribution in [0, 0.1) is 6.92 Å². The van der Waals surface area contributed by atoms with Gasteiger partial charge >= 0.3 is 0 Å². The molecule has 0 aliphatic heterocycles. The first kappa shape index (κ1) is 21.9. The Morgan fingerprint density at radius 2 is 1.58 bits per heavy atom. The molecule has 168 valence electrons. The maximum absolute atomic E-state index is 5.07. The van der Waals surface area contributed by atoms with Crippen LogP contribution in [0.2, 0.25) is 0 Å². The smallest absolute Gasteiger partial charge is 0.190 e. The third-order valence-electron chi connectivity index (χ3n) is 6.88. The molecule has 4 aromatic rings. The maximum Gasteiger partial charge on any atom is 0.190 e. The van der Waals surface area contributed by atoms with Crippen LogP contribution in [0.3, 0.4) is 0 Å². The van der Waals surface area contributed by atoms with Crippen molar-refractivity contribution in [3.63, 3.8) is 0 Å². The number of benzene rings is 3. The van der Waals surface area contributed by atoms with Crippen molar-refractivity contribution in [2.24, 2.45) is 4.99 Å². The van der Waals surface area contributed by atoms with Crippen molar-refractivity contribution < 1.29 is 0 Å². The van der Waals surface area contributed by atoms with E-state index in [9.17, 15) is 0 Å². The lowest BCUT2D eigenvalue weighted by atomic mass is 9.84. The number of hydrogen-bond acceptors (Lipinski definition) is 2. The molecule has 0 N–H and O–H groups in total. The molecule has 1 aliphatic carbocycles. The van der Waals surface area contributed by atoms with E-state index in [0.29, 0.717) is 0 Å². The summed E-state index contributed by atoms with van der Waals surface area (Å²) in [4.78, 5) is 6.13. The van der Waals surface area contributed by atoms with Gasteiger partial charge in [0.1, 0.15) is 0 Å². The second-order valence-electron chi connectivity index (χ2n) is 9.15. The van der Waals surface area contributed by atoms with Crippen molar-refractivity contribution in [2.75, 3.05) is 0 Å². The highest BCUT2D eigenvalue weighted by molar-refractivity contribution is 7.07. The SMILES string of the molecule is Cc1ccccc1N=c1scc(-c2ccc(C3CCCCC3)cc2)n1CCc1ccccc1. The van der Waals surface area contributed by atoms with Gasteiger partial charge < -0.3 is 4.57 Å². The van der Waals surface area contributed by atoms with Crippen LogP contribution in [0.15, 0.2) is 89.2 Å². The van der Waals surface area contributed by atoms with Gasteiger partial charge in [-0.1, -0.05) is 92.1 Å². The first-order chi connectivity index (χ1) is 16.3. The van der Waals surface area contributed by atoms with E-state index in [2.05, 4.69) is 95.7 Å². The monoisotopic (exact) mass is 452 g/mol. The average Bonchev–Trinajstić information content (AvgIpc) is 3.28. The fourth-order valence-electron chi connectivity index (χ4n) is 4.90. The molecule has 1 fully saturated rings. The first-order valence-electron chi connectivity index (χ1n) is 12.2. The molecule has 0 spiro atoms. The number of thiazole rings is 1. The summed E-state index contributed by atoms with van der Waals surface area (Å²) in [6.07, 6.45) is 7.83. The Bertz CT molecular complexity index is 1240. The van der Waals surface area contributed by atoms with Gasteiger partial charge in [0, 0.05) is 11.9 Å². The summed E-state index contributed by atoms with van der Waals surface area (Å²) in [7, 11) is 0. The van der Waals surface area contributed by atoms with E-state index < -0.39 is 0 Å². The van der Waals surface area contributed by atoms with Gasteiger partial charge in [-0.15, -0.1) is 11.3 Å². The molecule has 3 heteroatoms.